The van der Waals surface area contributed by atoms with Crippen molar-refractivity contribution in [2.24, 2.45) is 11.8 Å². The Hall–Kier alpha value is -12.8. The number of rotatable bonds is 24. The summed E-state index contributed by atoms with van der Waals surface area (Å²) in [6.45, 7) is 15.5. The summed E-state index contributed by atoms with van der Waals surface area (Å²) in [5.74, 6) is 28.7. The molecule has 10 aromatic rings. The van der Waals surface area contributed by atoms with Crippen molar-refractivity contribution in [1.82, 2.24) is 49.8 Å². The molecule has 2 saturated carbocycles. The number of aliphatic hydroxyl groups excluding tert-OH is 2. The van der Waals surface area contributed by atoms with Gasteiger partial charge in [-0.1, -0.05) is 127 Å². The molecule has 0 spiro atoms. The number of hydrogen-bond donors (Lipinski definition) is 7. The Balaban J connectivity index is 0.000000177. The highest BCUT2D eigenvalue weighted by Gasteiger charge is 2.21. The number of aryl methyl sites for hydroxylation is 5. The molecule has 0 aromatic carbocycles. The summed E-state index contributed by atoms with van der Waals surface area (Å²) in [6.07, 6.45) is 14.6. The molecule has 32 nitrogen and oxygen atoms in total. The first kappa shape index (κ1) is 85.8. The Morgan fingerprint density at radius 3 is 0.903 bits per heavy atom. The highest BCUT2D eigenvalue weighted by Crippen LogP contribution is 2.28. The number of aliphatic hydroxyl groups is 2. The SMILES string of the molecule is CCC#CCOc1nc2oc(=O)cc(CCCC)c2c(=O)[nH]1.CCCCc1cc(=O)oc2nc(OCC#CC(C)O)[nH]c(=O)c12.CCCCc1cc(=O)oc2nc(OCC#CC(O)CC)[nH]c(=O)c12.CCCCc1cc(=O)oc2nc(OCC#CC3CC3)[nH]c(=O)c12.CCc1cc(=O)oc2nc(OCC#CC3CC3)[nH]c(=O)c12. The predicted molar refractivity (Wildman–Crippen MR) is 418 cm³/mol. The minimum absolute atomic E-state index is 0.000744. The lowest BCUT2D eigenvalue weighted by molar-refractivity contribution is 0.228. The molecule has 32 heteroatoms. The van der Waals surface area contributed by atoms with E-state index in [2.05, 4.69) is 109 Å². The molecule has 12 rings (SSSR count). The zero-order chi connectivity index (χ0) is 81.3. The quantitative estimate of drug-likeness (QED) is 0.0286. The van der Waals surface area contributed by atoms with E-state index in [0.717, 1.165) is 83.5 Å². The number of H-pyrrole nitrogens is 5. The highest BCUT2D eigenvalue weighted by molar-refractivity contribution is 5.79. The maximum Gasteiger partial charge on any atom is 0.337 e. The molecule has 7 N–H and O–H groups in total. The maximum absolute atomic E-state index is 12.3. The van der Waals surface area contributed by atoms with Gasteiger partial charge in [-0.2, -0.15) is 24.9 Å². The molecule has 0 radical (unpaired) electrons. The maximum atomic E-state index is 12.3. The zero-order valence-electron chi connectivity index (χ0n) is 64.0. The van der Waals surface area contributed by atoms with Gasteiger partial charge in [0.25, 0.3) is 27.8 Å². The lowest BCUT2D eigenvalue weighted by atomic mass is 10.1. The number of fused-ring (bicyclic) bond motifs is 5. The van der Waals surface area contributed by atoms with Gasteiger partial charge in [-0.25, -0.2) is 24.0 Å². The number of ether oxygens (including phenoxy) is 5. The Morgan fingerprint density at radius 1 is 0.381 bits per heavy atom. The van der Waals surface area contributed by atoms with Gasteiger partial charge in [0.05, 0.1) is 0 Å². The molecule has 2 fully saturated rings. The Labute approximate surface area is 644 Å². The first-order valence-corrected chi connectivity index (χ1v) is 37.3. The van der Waals surface area contributed by atoms with E-state index in [4.69, 9.17) is 50.9 Å². The molecule has 2 unspecified atom stereocenters. The minimum Gasteiger partial charge on any atom is -0.451 e. The van der Waals surface area contributed by atoms with Crippen LogP contribution in [-0.4, -0.2) is 105 Å². The second kappa shape index (κ2) is 43.5. The lowest BCUT2D eigenvalue weighted by Gasteiger charge is -2.05. The monoisotopic (exact) mass is 1550 g/mol. The number of aromatic amines is 5. The number of nitrogens with one attached hydrogen (secondary N) is 5. The summed E-state index contributed by atoms with van der Waals surface area (Å²) in [6, 6.07) is 6.52. The second-order valence-corrected chi connectivity index (χ2v) is 25.6. The molecule has 0 aliphatic heterocycles. The molecule has 0 saturated heterocycles. The van der Waals surface area contributed by atoms with E-state index in [-0.39, 0.29) is 124 Å². The van der Waals surface area contributed by atoms with Crippen molar-refractivity contribution < 1.29 is 56.0 Å². The third-order valence-corrected chi connectivity index (χ3v) is 16.4. The molecule has 10 aromatic heterocycles. The van der Waals surface area contributed by atoms with Gasteiger partial charge in [-0.05, 0) is 125 Å². The lowest BCUT2D eigenvalue weighted by Crippen LogP contribution is -2.15. The minimum atomic E-state index is -0.763. The normalized spacial score (nSPS) is 12.2. The standard InChI is InChI=1S/C17H20N2O5.C17H18N2O4.C16H18N2O5.C16H18N2O4.C15H14N2O4/c1-3-5-7-11-10-13(21)24-16-14(11)15(22)18-17(19-16)23-9-6-8-12(20)4-2;1-2-3-6-12-10-13(20)23-16-14(12)15(21)18-17(19-16)22-9-4-5-11-7-8-11;1-3-4-7-11-9-12(20)23-15-13(11)14(21)17-16(18-15)22-8-5-6-10(2)19;1-3-5-7-9-21-16-17-14(20)13-11(8-6-4-2)10-12(19)22-15(13)18-16;1-2-10-8-11(18)21-14-12(10)13(19)16-15(17-14)20-7-3-4-9-5-6-9/h10,12,20H,3-5,7,9H2,1-2H3,(H,18,19,22);10-11H,2-3,6-9H2,1H3,(H,18,19,21);9-10,19H,3-4,7-8H2,1-2H3,(H,17,18,21);10H,3-4,6,8-9H2,1-2H3,(H,17,18,20);8-9H,2,5-7H2,1H3,(H,16,17,19). The van der Waals surface area contributed by atoms with Crippen molar-refractivity contribution in [3.8, 4) is 89.3 Å². The Kier molecular flexibility index (Phi) is 33.0. The van der Waals surface area contributed by atoms with E-state index in [9.17, 15) is 53.1 Å². The van der Waals surface area contributed by atoms with Gasteiger partial charge in [0, 0.05) is 48.6 Å². The second-order valence-electron chi connectivity index (χ2n) is 25.6. The van der Waals surface area contributed by atoms with Crippen LogP contribution in [0.3, 0.4) is 0 Å². The Morgan fingerprint density at radius 2 is 0.646 bits per heavy atom. The zero-order valence-corrected chi connectivity index (χ0v) is 64.0. The van der Waals surface area contributed by atoms with Crippen molar-refractivity contribution in [3.05, 3.63) is 162 Å². The van der Waals surface area contributed by atoms with Crippen molar-refractivity contribution in [1.29, 1.82) is 0 Å². The fraction of sp³-hybridized carbons (Fsp3) is 0.444. The van der Waals surface area contributed by atoms with Gasteiger partial charge >= 0.3 is 58.2 Å². The smallest absolute Gasteiger partial charge is 0.337 e. The van der Waals surface area contributed by atoms with Gasteiger partial charge in [-0.3, -0.25) is 48.9 Å². The topological polar surface area (TPSA) is 466 Å². The van der Waals surface area contributed by atoms with Crippen LogP contribution >= 0.6 is 0 Å². The van der Waals surface area contributed by atoms with Crippen LogP contribution in [0, 0.1) is 71.0 Å². The molecular formula is C81H88N10O22. The molecule has 2 aliphatic carbocycles. The average molecular weight is 1550 g/mol. The van der Waals surface area contributed by atoms with Gasteiger partial charge in [0.1, 0.15) is 39.1 Å². The largest absolute Gasteiger partial charge is 0.451 e. The summed E-state index contributed by atoms with van der Waals surface area (Å²) < 4.78 is 51.4. The third kappa shape index (κ3) is 26.7. The predicted octanol–water partition coefficient (Wildman–Crippen LogP) is 7.61. The van der Waals surface area contributed by atoms with E-state index in [0.29, 0.717) is 89.0 Å². The van der Waals surface area contributed by atoms with Crippen LogP contribution in [0.4, 0.5) is 0 Å². The van der Waals surface area contributed by atoms with Crippen LogP contribution in [0.15, 0.2) is 100 Å². The van der Waals surface area contributed by atoms with Gasteiger partial charge in [0.15, 0.2) is 33.0 Å². The molecule has 2 atom stereocenters. The molecule has 0 bridgehead atoms. The number of unbranched alkanes of at least 4 members (excludes halogenated alkanes) is 4. The fourth-order valence-electron chi connectivity index (χ4n) is 10.5. The molecule has 594 valence electrons. The van der Waals surface area contributed by atoms with E-state index in [1.165, 1.54) is 37.3 Å². The van der Waals surface area contributed by atoms with Crippen LogP contribution in [-0.2, 0) is 32.1 Å². The van der Waals surface area contributed by atoms with Gasteiger partial charge in [0.2, 0.25) is 28.6 Å². The fourth-order valence-corrected chi connectivity index (χ4v) is 10.5. The number of nitrogens with zero attached hydrogens (tertiary/aromatic N) is 5. The summed E-state index contributed by atoms with van der Waals surface area (Å²) in [5, 5.41) is 19.8. The Bertz CT molecular complexity index is 5830. The van der Waals surface area contributed by atoms with Crippen molar-refractivity contribution in [2.45, 2.75) is 190 Å². The van der Waals surface area contributed by atoms with Crippen LogP contribution < -0.4 is 79.6 Å². The van der Waals surface area contributed by atoms with E-state index < -0.39 is 51.5 Å². The van der Waals surface area contributed by atoms with E-state index >= 15 is 0 Å². The van der Waals surface area contributed by atoms with Crippen molar-refractivity contribution in [2.75, 3.05) is 33.0 Å². The van der Waals surface area contributed by atoms with Crippen LogP contribution in [0.5, 0.6) is 30.1 Å². The highest BCUT2D eigenvalue weighted by atomic mass is 16.5. The van der Waals surface area contributed by atoms with Crippen molar-refractivity contribution in [3.63, 3.8) is 0 Å². The van der Waals surface area contributed by atoms with Gasteiger partial charge < -0.3 is 56.0 Å². The first-order chi connectivity index (χ1) is 54.5. The summed E-state index contributed by atoms with van der Waals surface area (Å²) in [5.41, 5.74) is -1.58. The van der Waals surface area contributed by atoms with Gasteiger partial charge in [-0.15, -0.1) is 5.92 Å². The average Bonchev–Trinajstić information content (AvgIpc) is 1.45. The van der Waals surface area contributed by atoms with Crippen LogP contribution in [0.25, 0.3) is 55.5 Å². The molecule has 10 heterocycles. The van der Waals surface area contributed by atoms with Crippen LogP contribution in [0.1, 0.15) is 173 Å². The molecule has 113 heavy (non-hydrogen) atoms. The molecule has 0 amide bonds. The number of aromatic nitrogens is 10. The summed E-state index contributed by atoms with van der Waals surface area (Å²) >= 11 is 0. The first-order valence-electron chi connectivity index (χ1n) is 37.3. The van der Waals surface area contributed by atoms with Crippen molar-refractivity contribution >= 4 is 55.5 Å². The molecular weight excluding hydrogens is 1460 g/mol. The third-order valence-electron chi connectivity index (χ3n) is 16.4. The van der Waals surface area contributed by atoms with E-state index in [1.54, 1.807) is 6.92 Å². The summed E-state index contributed by atoms with van der Waals surface area (Å²) in [7, 11) is 0. The van der Waals surface area contributed by atoms with Crippen LogP contribution in [0.2, 0.25) is 0 Å². The van der Waals surface area contributed by atoms with E-state index in [1.807, 2.05) is 41.5 Å². The molecule has 2 aliphatic rings. The number of hydrogen-bond acceptors (Lipinski definition) is 27. The summed E-state index contributed by atoms with van der Waals surface area (Å²) in [4.78, 5) is 152.